The Kier molecular flexibility index (Phi) is 18.4. The van der Waals surface area contributed by atoms with Crippen LogP contribution >= 0.6 is 0 Å². The van der Waals surface area contributed by atoms with Crippen molar-refractivity contribution < 1.29 is 30.3 Å². The lowest BCUT2D eigenvalue weighted by Gasteiger charge is -2.46. The summed E-state index contributed by atoms with van der Waals surface area (Å²) in [4.78, 5) is 12.4. The molecular weight excluding hydrogens is 396 g/mol. The molecule has 3 unspecified atom stereocenters. The minimum absolute atomic E-state index is 0.165. The molecule has 0 aliphatic carbocycles. The van der Waals surface area contributed by atoms with Crippen molar-refractivity contribution in [1.82, 2.24) is 0 Å². The molecule has 6 heteroatoms. The van der Waals surface area contributed by atoms with Crippen LogP contribution in [0.2, 0.25) is 0 Å². The van der Waals surface area contributed by atoms with Crippen molar-refractivity contribution in [2.75, 3.05) is 26.4 Å². The molecule has 3 atom stereocenters. The average Bonchev–Trinajstić information content (AvgIpc) is 2.77. The van der Waals surface area contributed by atoms with Crippen molar-refractivity contribution in [3.63, 3.8) is 0 Å². The van der Waals surface area contributed by atoms with E-state index in [2.05, 4.69) is 13.8 Å². The zero-order valence-corrected chi connectivity index (χ0v) is 20.1. The number of carboxylic acid groups (broad SMARTS) is 1. The van der Waals surface area contributed by atoms with Crippen LogP contribution in [0, 0.1) is 23.2 Å². The first kappa shape index (κ1) is 30.3. The van der Waals surface area contributed by atoms with Crippen molar-refractivity contribution >= 4 is 5.97 Å². The highest BCUT2D eigenvalue weighted by Crippen LogP contribution is 2.48. The van der Waals surface area contributed by atoms with Crippen molar-refractivity contribution in [3.05, 3.63) is 0 Å². The molecule has 5 N–H and O–H groups in total. The van der Waals surface area contributed by atoms with Crippen LogP contribution in [-0.2, 0) is 4.79 Å². The molecule has 0 amide bonds. The molecule has 0 heterocycles. The van der Waals surface area contributed by atoms with Gasteiger partial charge in [0.1, 0.15) is 0 Å². The fraction of sp³-hybridized carbons (Fsp3) is 0.960. The average molecular weight is 447 g/mol. The third-order valence-electron chi connectivity index (χ3n) is 7.10. The molecule has 0 aromatic carbocycles. The number of aliphatic hydroxyl groups excluding tert-OH is 4. The zero-order chi connectivity index (χ0) is 23.5. The minimum atomic E-state index is -0.958. The number of carboxylic acids is 1. The van der Waals surface area contributed by atoms with Gasteiger partial charge in [-0.15, -0.1) is 0 Å². The normalized spacial score (nSPS) is 15.7. The molecule has 0 aromatic rings. The number of unbranched alkanes of at least 4 members (excludes halogenated alkanes) is 9. The Bertz CT molecular complexity index is 426. The first-order chi connectivity index (χ1) is 15.0. The Morgan fingerprint density at radius 2 is 1.26 bits per heavy atom. The molecule has 0 radical (unpaired) electrons. The van der Waals surface area contributed by atoms with Gasteiger partial charge in [-0.3, -0.25) is 4.79 Å². The highest BCUT2D eigenvalue weighted by atomic mass is 16.4. The van der Waals surface area contributed by atoms with Gasteiger partial charge in [0.05, 0.1) is 5.92 Å². The first-order valence-corrected chi connectivity index (χ1v) is 12.6. The predicted molar refractivity (Wildman–Crippen MR) is 125 cm³/mol. The van der Waals surface area contributed by atoms with Crippen LogP contribution < -0.4 is 0 Å². The third-order valence-corrected chi connectivity index (χ3v) is 7.10. The van der Waals surface area contributed by atoms with Crippen LogP contribution in [0.1, 0.15) is 104 Å². The Morgan fingerprint density at radius 3 is 1.71 bits per heavy atom. The summed E-state index contributed by atoms with van der Waals surface area (Å²) in [6.45, 7) is 3.24. The van der Waals surface area contributed by atoms with E-state index < -0.39 is 29.1 Å². The molecule has 0 spiro atoms. The van der Waals surface area contributed by atoms with Gasteiger partial charge in [-0.2, -0.15) is 0 Å². The maximum absolute atomic E-state index is 12.4. The second-order valence-electron chi connectivity index (χ2n) is 9.25. The van der Waals surface area contributed by atoms with Gasteiger partial charge < -0.3 is 25.5 Å². The Morgan fingerprint density at radius 1 is 0.742 bits per heavy atom. The van der Waals surface area contributed by atoms with E-state index in [4.69, 9.17) is 0 Å². The molecule has 0 saturated carbocycles. The van der Waals surface area contributed by atoms with E-state index in [-0.39, 0.29) is 32.8 Å². The van der Waals surface area contributed by atoms with Crippen LogP contribution in [0.5, 0.6) is 0 Å². The third kappa shape index (κ3) is 10.6. The smallest absolute Gasteiger partial charge is 0.307 e. The quantitative estimate of drug-likeness (QED) is 0.158. The first-order valence-electron chi connectivity index (χ1n) is 12.6. The molecule has 186 valence electrons. The molecule has 0 aliphatic rings. The molecule has 0 bridgehead atoms. The second-order valence-corrected chi connectivity index (χ2v) is 9.25. The van der Waals surface area contributed by atoms with Gasteiger partial charge >= 0.3 is 5.97 Å². The SMILES string of the molecule is CCCCCCCCCC(C(=O)O)C(CO)(CCCCCC)C(CCO)C(CO)CO. The van der Waals surface area contributed by atoms with Gasteiger partial charge in [-0.05, 0) is 25.2 Å². The maximum Gasteiger partial charge on any atom is 0.307 e. The molecule has 0 rings (SSSR count). The number of hydrogen-bond donors (Lipinski definition) is 5. The zero-order valence-electron chi connectivity index (χ0n) is 20.1. The topological polar surface area (TPSA) is 118 Å². The van der Waals surface area contributed by atoms with Crippen LogP contribution in [-0.4, -0.2) is 57.9 Å². The minimum Gasteiger partial charge on any atom is -0.481 e. The van der Waals surface area contributed by atoms with Crippen LogP contribution in [0.3, 0.4) is 0 Å². The largest absolute Gasteiger partial charge is 0.481 e. The van der Waals surface area contributed by atoms with E-state index >= 15 is 0 Å². The van der Waals surface area contributed by atoms with Gasteiger partial charge in [0.25, 0.3) is 0 Å². The summed E-state index contributed by atoms with van der Waals surface area (Å²) in [5.41, 5.74) is -0.958. The number of hydrogen-bond acceptors (Lipinski definition) is 5. The summed E-state index contributed by atoms with van der Waals surface area (Å²) in [7, 11) is 0. The molecule has 6 nitrogen and oxygen atoms in total. The lowest BCUT2D eigenvalue weighted by atomic mass is 9.58. The molecule has 0 saturated heterocycles. The van der Waals surface area contributed by atoms with Crippen LogP contribution in [0.15, 0.2) is 0 Å². The molecule has 31 heavy (non-hydrogen) atoms. The Labute approximate surface area is 190 Å². The summed E-state index contributed by atoms with van der Waals surface area (Å²) in [6.07, 6.45) is 12.8. The fourth-order valence-electron chi connectivity index (χ4n) is 5.21. The summed E-state index contributed by atoms with van der Waals surface area (Å²) in [5, 5.41) is 50.1. The van der Waals surface area contributed by atoms with E-state index in [1.165, 1.54) is 19.3 Å². The number of aliphatic carboxylic acids is 1. The standard InChI is InChI=1S/C25H50O6/c1-3-5-7-9-10-11-12-14-23(24(30)31)25(20-29,16-13-8-6-4-2)22(15-17-26)21(18-27)19-28/h21-23,26-29H,3-20H2,1-2H3,(H,30,31). The molecular formula is C25H50O6. The molecule has 0 aliphatic heterocycles. The van der Waals surface area contributed by atoms with Gasteiger partial charge in [0, 0.05) is 37.8 Å². The van der Waals surface area contributed by atoms with E-state index in [9.17, 15) is 30.3 Å². The van der Waals surface area contributed by atoms with Gasteiger partial charge in [0.15, 0.2) is 0 Å². The number of rotatable bonds is 22. The summed E-state index contributed by atoms with van der Waals surface area (Å²) < 4.78 is 0. The van der Waals surface area contributed by atoms with E-state index in [1.54, 1.807) is 0 Å². The summed E-state index contributed by atoms with van der Waals surface area (Å²) in [5.74, 6) is -2.69. The Balaban J connectivity index is 5.59. The maximum atomic E-state index is 12.4. The Hall–Kier alpha value is -0.690. The highest BCUT2D eigenvalue weighted by molar-refractivity contribution is 5.71. The van der Waals surface area contributed by atoms with E-state index in [1.807, 2.05) is 0 Å². The predicted octanol–water partition coefficient (Wildman–Crippen LogP) is 4.38. The van der Waals surface area contributed by atoms with E-state index in [0.717, 1.165) is 51.4 Å². The number of aliphatic hydroxyl groups is 4. The van der Waals surface area contributed by atoms with Gasteiger partial charge in [-0.25, -0.2) is 0 Å². The van der Waals surface area contributed by atoms with Gasteiger partial charge in [-0.1, -0.05) is 84.5 Å². The molecule has 0 fully saturated rings. The van der Waals surface area contributed by atoms with Crippen molar-refractivity contribution in [3.8, 4) is 0 Å². The van der Waals surface area contributed by atoms with Crippen molar-refractivity contribution in [2.45, 2.75) is 104 Å². The highest BCUT2D eigenvalue weighted by Gasteiger charge is 2.49. The van der Waals surface area contributed by atoms with Crippen molar-refractivity contribution in [2.24, 2.45) is 23.2 Å². The second kappa shape index (κ2) is 18.8. The summed E-state index contributed by atoms with van der Waals surface area (Å²) in [6, 6.07) is 0. The van der Waals surface area contributed by atoms with E-state index in [0.29, 0.717) is 12.8 Å². The molecule has 0 aromatic heterocycles. The lowest BCUT2D eigenvalue weighted by molar-refractivity contribution is -0.156. The van der Waals surface area contributed by atoms with Gasteiger partial charge in [0.2, 0.25) is 0 Å². The summed E-state index contributed by atoms with van der Waals surface area (Å²) >= 11 is 0. The van der Waals surface area contributed by atoms with Crippen LogP contribution in [0.4, 0.5) is 0 Å². The monoisotopic (exact) mass is 446 g/mol. The lowest BCUT2D eigenvalue weighted by Crippen LogP contribution is -2.49. The van der Waals surface area contributed by atoms with Crippen LogP contribution in [0.25, 0.3) is 0 Å². The number of carbonyl (C=O) groups is 1. The van der Waals surface area contributed by atoms with Crippen molar-refractivity contribution in [1.29, 1.82) is 0 Å². The fourth-order valence-corrected chi connectivity index (χ4v) is 5.21.